The average Bonchev–Trinajstić information content (AvgIpc) is 3.32. The molecule has 0 saturated carbocycles. The highest BCUT2D eigenvalue weighted by molar-refractivity contribution is 9.10. The van der Waals surface area contributed by atoms with Crippen molar-refractivity contribution in [1.29, 1.82) is 0 Å². The molecule has 1 amide bonds. The van der Waals surface area contributed by atoms with Crippen molar-refractivity contribution in [2.24, 2.45) is 4.99 Å². The Kier molecular flexibility index (Phi) is 6.24. The predicted molar refractivity (Wildman–Crippen MR) is 126 cm³/mol. The van der Waals surface area contributed by atoms with Gasteiger partial charge in [-0.05, 0) is 76.2 Å². The largest absolute Gasteiger partial charge is 0.478 e. The maximum absolute atomic E-state index is 12.3. The summed E-state index contributed by atoms with van der Waals surface area (Å²) in [6, 6.07) is 12.9. The summed E-state index contributed by atoms with van der Waals surface area (Å²) in [5.74, 6) is -0.570. The van der Waals surface area contributed by atoms with Crippen molar-refractivity contribution in [3.8, 4) is 11.3 Å². The van der Waals surface area contributed by atoms with Gasteiger partial charge in [0.25, 0.3) is 5.91 Å². The van der Waals surface area contributed by atoms with Crippen LogP contribution < -0.4 is 5.32 Å². The fourth-order valence-corrected chi connectivity index (χ4v) is 4.16. The number of carbonyl (C=O) groups is 2. The molecule has 10 heteroatoms. The van der Waals surface area contributed by atoms with Crippen molar-refractivity contribution < 1.29 is 19.1 Å². The van der Waals surface area contributed by atoms with Gasteiger partial charge < -0.3 is 14.8 Å². The number of carbonyl (C=O) groups excluding carboxylic acids is 1. The summed E-state index contributed by atoms with van der Waals surface area (Å²) >= 11 is 16.8. The van der Waals surface area contributed by atoms with E-state index in [0.29, 0.717) is 42.9 Å². The summed E-state index contributed by atoms with van der Waals surface area (Å²) in [4.78, 5) is 28.3. The van der Waals surface area contributed by atoms with Gasteiger partial charge in [-0.15, -0.1) is 0 Å². The Labute approximate surface area is 199 Å². The molecule has 2 aromatic carbocycles. The number of amidine groups is 1. The molecule has 1 aromatic heterocycles. The van der Waals surface area contributed by atoms with E-state index >= 15 is 0 Å². The zero-order valence-corrected chi connectivity index (χ0v) is 19.3. The number of carboxylic acid groups (broad SMARTS) is 1. The smallest absolute Gasteiger partial charge is 0.335 e. The van der Waals surface area contributed by atoms with Crippen molar-refractivity contribution in [2.45, 2.75) is 0 Å². The van der Waals surface area contributed by atoms with Gasteiger partial charge in [-0.2, -0.15) is 0 Å². The molecule has 3 aromatic rings. The summed E-state index contributed by atoms with van der Waals surface area (Å²) in [5, 5.41) is 13.2. The average molecular weight is 538 g/mol. The maximum Gasteiger partial charge on any atom is 0.335 e. The second-order valence-electron chi connectivity index (χ2n) is 6.28. The molecule has 0 aliphatic carbocycles. The van der Waals surface area contributed by atoms with Crippen molar-refractivity contribution in [3.05, 3.63) is 79.3 Å². The molecule has 0 spiro atoms. The Balaban J connectivity index is 1.58. The number of halogens is 3. The van der Waals surface area contributed by atoms with Gasteiger partial charge in [0.2, 0.25) is 0 Å². The number of amides is 1. The molecule has 31 heavy (non-hydrogen) atoms. The number of aromatic carboxylic acids is 1. The lowest BCUT2D eigenvalue weighted by Gasteiger charge is -2.02. The predicted octanol–water partition coefficient (Wildman–Crippen LogP) is 6.61. The molecule has 1 fully saturated rings. The highest BCUT2D eigenvalue weighted by Gasteiger charge is 2.24. The summed E-state index contributed by atoms with van der Waals surface area (Å²) in [6.45, 7) is 0. The molecular weight excluding hydrogens is 527 g/mol. The van der Waals surface area contributed by atoms with Crippen LogP contribution in [0.25, 0.3) is 17.4 Å². The molecule has 1 saturated heterocycles. The zero-order valence-electron chi connectivity index (χ0n) is 15.4. The number of nitrogens with zero attached hydrogens (tertiary/aromatic N) is 1. The van der Waals surface area contributed by atoms with Crippen LogP contribution in [-0.4, -0.2) is 22.2 Å². The van der Waals surface area contributed by atoms with E-state index in [1.165, 1.54) is 18.2 Å². The topological polar surface area (TPSA) is 91.9 Å². The van der Waals surface area contributed by atoms with Crippen molar-refractivity contribution in [2.75, 3.05) is 0 Å². The standard InChI is InChI=1S/C21H11BrCl2N2O4S/c22-14-4-2-11(8-16(14)24)25-21-26-19(27)18(31-21)9-12-3-6-17(30-12)13-7-10(20(28)29)1-5-15(13)23/h1-9H,(H,28,29)(H,25,26,27). The summed E-state index contributed by atoms with van der Waals surface area (Å²) < 4.78 is 6.52. The van der Waals surface area contributed by atoms with Crippen LogP contribution in [0, 0.1) is 0 Å². The van der Waals surface area contributed by atoms with Crippen LogP contribution in [0.15, 0.2) is 67.3 Å². The van der Waals surface area contributed by atoms with Crippen LogP contribution >= 0.6 is 50.9 Å². The van der Waals surface area contributed by atoms with E-state index in [4.69, 9.17) is 27.6 Å². The van der Waals surface area contributed by atoms with E-state index in [2.05, 4.69) is 26.2 Å². The zero-order chi connectivity index (χ0) is 22.1. The van der Waals surface area contributed by atoms with Gasteiger partial charge in [0.1, 0.15) is 11.5 Å². The second kappa shape index (κ2) is 8.92. The minimum atomic E-state index is -1.07. The van der Waals surface area contributed by atoms with Gasteiger partial charge in [-0.3, -0.25) is 4.79 Å². The van der Waals surface area contributed by atoms with E-state index in [-0.39, 0.29) is 11.5 Å². The molecule has 4 rings (SSSR count). The monoisotopic (exact) mass is 536 g/mol. The van der Waals surface area contributed by atoms with Crippen LogP contribution in [0.5, 0.6) is 0 Å². The molecular formula is C21H11BrCl2N2O4S. The lowest BCUT2D eigenvalue weighted by atomic mass is 10.1. The highest BCUT2D eigenvalue weighted by atomic mass is 79.9. The van der Waals surface area contributed by atoms with Crippen molar-refractivity contribution in [3.63, 3.8) is 0 Å². The normalized spacial score (nSPS) is 16.2. The quantitative estimate of drug-likeness (QED) is 0.365. The Morgan fingerprint density at radius 3 is 2.68 bits per heavy atom. The number of thioether (sulfide) groups is 1. The molecule has 1 aliphatic heterocycles. The first kappa shape index (κ1) is 21.7. The molecule has 1 aliphatic rings. The Bertz CT molecular complexity index is 1290. The minimum Gasteiger partial charge on any atom is -0.478 e. The van der Waals surface area contributed by atoms with Crippen LogP contribution in [-0.2, 0) is 4.79 Å². The number of aliphatic imine (C=N–C) groups is 1. The number of hydrogen-bond acceptors (Lipinski definition) is 5. The molecule has 0 atom stereocenters. The van der Waals surface area contributed by atoms with Gasteiger partial charge in [-0.25, -0.2) is 9.79 Å². The van der Waals surface area contributed by atoms with Crippen molar-refractivity contribution >= 4 is 79.7 Å². The van der Waals surface area contributed by atoms with E-state index < -0.39 is 5.97 Å². The number of benzene rings is 2. The van der Waals surface area contributed by atoms with Gasteiger partial charge in [0.15, 0.2) is 5.17 Å². The van der Waals surface area contributed by atoms with Crippen LogP contribution in [0.1, 0.15) is 16.1 Å². The Morgan fingerprint density at radius 1 is 1.13 bits per heavy atom. The first-order chi connectivity index (χ1) is 14.8. The third-order valence-electron chi connectivity index (χ3n) is 4.16. The molecule has 2 N–H and O–H groups in total. The third kappa shape index (κ3) is 4.88. The lowest BCUT2D eigenvalue weighted by molar-refractivity contribution is -0.115. The molecule has 0 bridgehead atoms. The first-order valence-corrected chi connectivity index (χ1v) is 11.0. The van der Waals surface area contributed by atoms with Gasteiger partial charge >= 0.3 is 5.97 Å². The van der Waals surface area contributed by atoms with Gasteiger partial charge in [0.05, 0.1) is 26.2 Å². The van der Waals surface area contributed by atoms with Crippen LogP contribution in [0.2, 0.25) is 10.0 Å². The number of hydrogen-bond donors (Lipinski definition) is 2. The van der Waals surface area contributed by atoms with E-state index in [0.717, 1.165) is 16.2 Å². The van der Waals surface area contributed by atoms with E-state index in [1.54, 1.807) is 36.4 Å². The highest BCUT2D eigenvalue weighted by Crippen LogP contribution is 2.34. The third-order valence-corrected chi connectivity index (χ3v) is 6.64. The fourth-order valence-electron chi connectivity index (χ4n) is 2.70. The Morgan fingerprint density at radius 2 is 1.94 bits per heavy atom. The maximum atomic E-state index is 12.3. The SMILES string of the molecule is O=C1NC(=Nc2ccc(Br)c(Cl)c2)SC1=Cc1ccc(-c2cc(C(=O)O)ccc2Cl)o1. The van der Waals surface area contributed by atoms with Crippen LogP contribution in [0.4, 0.5) is 5.69 Å². The van der Waals surface area contributed by atoms with Crippen molar-refractivity contribution in [1.82, 2.24) is 5.32 Å². The number of carboxylic acids is 1. The number of rotatable bonds is 4. The second-order valence-corrected chi connectivity index (χ2v) is 8.98. The van der Waals surface area contributed by atoms with Gasteiger partial charge in [-0.1, -0.05) is 23.2 Å². The first-order valence-electron chi connectivity index (χ1n) is 8.68. The number of furan rings is 1. The molecule has 2 heterocycles. The molecule has 156 valence electrons. The summed E-state index contributed by atoms with van der Waals surface area (Å²) in [7, 11) is 0. The molecule has 6 nitrogen and oxygen atoms in total. The fraction of sp³-hybridized carbons (Fsp3) is 0. The molecule has 0 unspecified atom stereocenters. The minimum absolute atomic E-state index is 0.0929. The van der Waals surface area contributed by atoms with E-state index in [9.17, 15) is 14.7 Å². The van der Waals surface area contributed by atoms with E-state index in [1.807, 2.05) is 0 Å². The number of nitrogens with one attached hydrogen (secondary N) is 1. The summed E-state index contributed by atoms with van der Waals surface area (Å²) in [5.41, 5.74) is 1.14. The van der Waals surface area contributed by atoms with Gasteiger partial charge in [0, 0.05) is 16.1 Å². The van der Waals surface area contributed by atoms with Crippen LogP contribution in [0.3, 0.4) is 0 Å². The summed E-state index contributed by atoms with van der Waals surface area (Å²) in [6.07, 6.45) is 1.58. The Hall–Kier alpha value is -2.52. The lowest BCUT2D eigenvalue weighted by Crippen LogP contribution is -2.19. The molecule has 0 radical (unpaired) electrons.